The molecule has 0 spiro atoms. The Morgan fingerprint density at radius 3 is 2.62 bits per heavy atom. The zero-order chi connectivity index (χ0) is 21.1. The lowest BCUT2D eigenvalue weighted by atomic mass is 10.2. The van der Waals surface area contributed by atoms with Crippen molar-refractivity contribution in [2.24, 2.45) is 26.2 Å². The third-order valence-corrected chi connectivity index (χ3v) is 4.40. The van der Waals surface area contributed by atoms with Gasteiger partial charge in [-0.2, -0.15) is 10.1 Å². The molecule has 0 aliphatic rings. The zero-order valence-corrected chi connectivity index (χ0v) is 16.7. The third kappa shape index (κ3) is 3.64. The predicted molar refractivity (Wildman–Crippen MR) is 111 cm³/mol. The number of aryl methyl sites for hydroxylation is 2. The van der Waals surface area contributed by atoms with E-state index in [-0.39, 0.29) is 5.65 Å². The highest BCUT2D eigenvalue weighted by atomic mass is 16.5. The molecule has 3 rings (SSSR count). The van der Waals surface area contributed by atoms with Gasteiger partial charge in [0.1, 0.15) is 6.61 Å². The minimum Gasteiger partial charge on any atom is -0.493 e. The molecule has 0 saturated heterocycles. The van der Waals surface area contributed by atoms with Gasteiger partial charge in [0.25, 0.3) is 5.56 Å². The van der Waals surface area contributed by atoms with Crippen LogP contribution in [0.25, 0.3) is 11.2 Å². The molecule has 10 heteroatoms. The Labute approximate surface area is 166 Å². The van der Waals surface area contributed by atoms with Crippen molar-refractivity contribution in [1.82, 2.24) is 18.7 Å². The van der Waals surface area contributed by atoms with Crippen LogP contribution >= 0.6 is 0 Å². The number of anilines is 1. The fourth-order valence-corrected chi connectivity index (χ4v) is 2.82. The smallest absolute Gasteiger partial charge is 0.332 e. The van der Waals surface area contributed by atoms with Crippen LogP contribution in [0, 0.1) is 0 Å². The van der Waals surface area contributed by atoms with E-state index >= 15 is 0 Å². The number of imidazole rings is 1. The summed E-state index contributed by atoms with van der Waals surface area (Å²) >= 11 is 0. The fourth-order valence-electron chi connectivity index (χ4n) is 2.82. The summed E-state index contributed by atoms with van der Waals surface area (Å²) in [6, 6.07) is 5.37. The minimum absolute atomic E-state index is 0.281. The second-order valence-corrected chi connectivity index (χ2v) is 6.25. The van der Waals surface area contributed by atoms with Crippen molar-refractivity contribution < 1.29 is 9.47 Å². The van der Waals surface area contributed by atoms with Gasteiger partial charge in [-0.3, -0.25) is 13.9 Å². The number of hydrogen-bond acceptors (Lipinski definition) is 7. The Morgan fingerprint density at radius 1 is 1.17 bits per heavy atom. The first kappa shape index (κ1) is 19.9. The van der Waals surface area contributed by atoms with E-state index in [1.807, 2.05) is 6.07 Å². The molecule has 152 valence electrons. The van der Waals surface area contributed by atoms with Crippen LogP contribution in [0.1, 0.15) is 5.56 Å². The molecule has 0 amide bonds. The molecule has 2 heterocycles. The van der Waals surface area contributed by atoms with Crippen molar-refractivity contribution in [3.63, 3.8) is 0 Å². The molecular formula is C19H22N6O4. The van der Waals surface area contributed by atoms with E-state index in [9.17, 15) is 9.59 Å². The average Bonchev–Trinajstić information content (AvgIpc) is 3.06. The lowest BCUT2D eigenvalue weighted by Gasteiger charge is -2.09. The van der Waals surface area contributed by atoms with E-state index in [0.29, 0.717) is 29.6 Å². The van der Waals surface area contributed by atoms with Gasteiger partial charge in [-0.05, 0) is 23.8 Å². The molecule has 0 unspecified atom stereocenters. The molecule has 29 heavy (non-hydrogen) atoms. The van der Waals surface area contributed by atoms with Gasteiger partial charge in [0.15, 0.2) is 22.7 Å². The van der Waals surface area contributed by atoms with Gasteiger partial charge in [0.05, 0.1) is 13.3 Å². The monoisotopic (exact) mass is 398 g/mol. The van der Waals surface area contributed by atoms with Crippen LogP contribution in [0.3, 0.4) is 0 Å². The first-order valence-corrected chi connectivity index (χ1v) is 8.72. The summed E-state index contributed by atoms with van der Waals surface area (Å²) in [7, 11) is 6.22. The van der Waals surface area contributed by atoms with Crippen molar-refractivity contribution >= 4 is 23.3 Å². The Morgan fingerprint density at radius 2 is 1.93 bits per heavy atom. The molecule has 10 nitrogen and oxygen atoms in total. The number of aromatic nitrogens is 4. The molecule has 0 atom stereocenters. The summed E-state index contributed by atoms with van der Waals surface area (Å²) in [6.45, 7) is 3.99. The first-order valence-electron chi connectivity index (χ1n) is 8.72. The Hall–Kier alpha value is -3.82. The molecule has 3 aromatic rings. The lowest BCUT2D eigenvalue weighted by Crippen LogP contribution is -2.37. The maximum atomic E-state index is 12.4. The summed E-state index contributed by atoms with van der Waals surface area (Å²) in [5.41, 5.74) is 3.29. The molecule has 0 aliphatic carbocycles. The highest BCUT2D eigenvalue weighted by Crippen LogP contribution is 2.27. The Balaban J connectivity index is 1.88. The van der Waals surface area contributed by atoms with Crippen LogP contribution in [-0.4, -0.2) is 38.6 Å². The molecule has 0 bridgehead atoms. The zero-order valence-electron chi connectivity index (χ0n) is 16.7. The van der Waals surface area contributed by atoms with E-state index in [2.05, 4.69) is 22.1 Å². The van der Waals surface area contributed by atoms with Gasteiger partial charge in [0.2, 0.25) is 5.95 Å². The van der Waals surface area contributed by atoms with Gasteiger partial charge in [-0.1, -0.05) is 12.7 Å². The molecule has 1 N–H and O–H groups in total. The van der Waals surface area contributed by atoms with Crippen LogP contribution in [0.2, 0.25) is 0 Å². The summed E-state index contributed by atoms with van der Waals surface area (Å²) in [5, 5.41) is 4.17. The lowest BCUT2D eigenvalue weighted by molar-refractivity contribution is 0.326. The molecule has 0 aliphatic heterocycles. The number of hydrazone groups is 1. The van der Waals surface area contributed by atoms with E-state index in [0.717, 1.165) is 10.1 Å². The third-order valence-electron chi connectivity index (χ3n) is 4.40. The molecular weight excluding hydrogens is 376 g/mol. The number of nitrogens with zero attached hydrogens (tertiary/aromatic N) is 5. The predicted octanol–water partition coefficient (Wildman–Crippen LogP) is 0.990. The minimum atomic E-state index is -0.443. The fraction of sp³-hybridized carbons (Fsp3) is 0.263. The van der Waals surface area contributed by atoms with Crippen LogP contribution in [0.5, 0.6) is 11.5 Å². The van der Waals surface area contributed by atoms with Gasteiger partial charge in [-0.15, -0.1) is 0 Å². The Bertz CT molecular complexity index is 1220. The van der Waals surface area contributed by atoms with Gasteiger partial charge in [0, 0.05) is 21.1 Å². The van der Waals surface area contributed by atoms with Crippen molar-refractivity contribution in [1.29, 1.82) is 0 Å². The van der Waals surface area contributed by atoms with Gasteiger partial charge < -0.3 is 14.0 Å². The maximum Gasteiger partial charge on any atom is 0.332 e. The van der Waals surface area contributed by atoms with E-state index in [4.69, 9.17) is 9.47 Å². The standard InChI is InChI=1S/C19H22N6O4/c1-6-9-29-13-8-7-12(10-14(13)28-5)11-20-22-18-21-16-15(23(18)2)17(26)25(4)19(27)24(16)3/h6-8,10-11H,1,9H2,2-5H3,(H,21,22)/b20-11-. The summed E-state index contributed by atoms with van der Waals surface area (Å²) in [5.74, 6) is 1.49. The largest absolute Gasteiger partial charge is 0.493 e. The number of rotatable bonds is 7. The van der Waals surface area contributed by atoms with Crippen molar-refractivity contribution in [2.75, 3.05) is 19.1 Å². The summed E-state index contributed by atoms with van der Waals surface area (Å²) < 4.78 is 14.8. The maximum absolute atomic E-state index is 12.4. The van der Waals surface area contributed by atoms with Crippen molar-refractivity contribution in [3.8, 4) is 11.5 Å². The normalized spacial score (nSPS) is 11.2. The Kier molecular flexibility index (Phi) is 5.53. The molecule has 1 aromatic carbocycles. The van der Waals surface area contributed by atoms with Crippen LogP contribution in [-0.2, 0) is 21.1 Å². The molecule has 0 saturated carbocycles. The van der Waals surface area contributed by atoms with Gasteiger partial charge in [-0.25, -0.2) is 10.2 Å². The molecule has 0 fully saturated rings. The average molecular weight is 398 g/mol. The molecule has 0 radical (unpaired) electrons. The van der Waals surface area contributed by atoms with Crippen LogP contribution < -0.4 is 26.1 Å². The second kappa shape index (κ2) is 8.05. The number of hydrogen-bond donors (Lipinski definition) is 1. The highest BCUT2D eigenvalue weighted by molar-refractivity contribution is 5.81. The SMILES string of the molecule is C=CCOc1ccc(/C=N\Nc2nc3c(c(=O)n(C)c(=O)n3C)n2C)cc1OC. The van der Waals surface area contributed by atoms with E-state index in [1.54, 1.807) is 50.2 Å². The highest BCUT2D eigenvalue weighted by Gasteiger charge is 2.16. The number of benzene rings is 1. The second-order valence-electron chi connectivity index (χ2n) is 6.25. The van der Waals surface area contributed by atoms with Crippen molar-refractivity contribution in [3.05, 3.63) is 57.3 Å². The van der Waals surface area contributed by atoms with Gasteiger partial charge >= 0.3 is 5.69 Å². The quantitative estimate of drug-likeness (QED) is 0.362. The van der Waals surface area contributed by atoms with E-state index in [1.165, 1.54) is 11.6 Å². The van der Waals surface area contributed by atoms with Crippen molar-refractivity contribution in [2.45, 2.75) is 0 Å². The molecule has 2 aromatic heterocycles. The summed E-state index contributed by atoms with van der Waals surface area (Å²) in [6.07, 6.45) is 3.23. The number of fused-ring (bicyclic) bond motifs is 1. The van der Waals surface area contributed by atoms with E-state index < -0.39 is 11.2 Å². The number of nitrogens with one attached hydrogen (secondary N) is 1. The number of methoxy groups -OCH3 is 1. The van der Waals surface area contributed by atoms with Crippen LogP contribution in [0.4, 0.5) is 5.95 Å². The summed E-state index contributed by atoms with van der Waals surface area (Å²) in [4.78, 5) is 28.8. The number of ether oxygens (including phenoxy) is 2. The first-order chi connectivity index (χ1) is 13.9. The topological polar surface area (TPSA) is 105 Å². The van der Waals surface area contributed by atoms with Crippen LogP contribution in [0.15, 0.2) is 45.5 Å².